The third-order valence-corrected chi connectivity index (χ3v) is 1.85. The van der Waals surface area contributed by atoms with Crippen LogP contribution in [-0.2, 0) is 14.3 Å². The standard InChI is InChI=1S/C11H17NO4/c1-3-6-9(11(14)15)12-10(13)7-5-8-16-4-2/h1,9H,4-8H2,2H3,(H,12,13)(H,14,15). The molecule has 1 amide bonds. The van der Waals surface area contributed by atoms with E-state index in [2.05, 4.69) is 11.2 Å². The van der Waals surface area contributed by atoms with E-state index in [1.54, 1.807) is 0 Å². The number of nitrogens with one attached hydrogen (secondary N) is 1. The van der Waals surface area contributed by atoms with E-state index in [1.165, 1.54) is 0 Å². The number of carbonyl (C=O) groups excluding carboxylic acids is 1. The molecule has 0 aliphatic rings. The number of ether oxygens (including phenoxy) is 1. The van der Waals surface area contributed by atoms with E-state index in [1.807, 2.05) is 6.92 Å². The second kappa shape index (κ2) is 8.74. The number of amides is 1. The topological polar surface area (TPSA) is 75.6 Å². The SMILES string of the molecule is C#CCC(NC(=O)CCCOCC)C(=O)O. The fourth-order valence-corrected chi connectivity index (χ4v) is 1.06. The summed E-state index contributed by atoms with van der Waals surface area (Å²) in [5.41, 5.74) is 0. The maximum Gasteiger partial charge on any atom is 0.327 e. The van der Waals surface area contributed by atoms with E-state index in [0.29, 0.717) is 19.6 Å². The first-order chi connectivity index (χ1) is 7.61. The normalized spacial score (nSPS) is 11.5. The molecule has 0 aromatic carbocycles. The van der Waals surface area contributed by atoms with Gasteiger partial charge in [0.15, 0.2) is 0 Å². The molecule has 0 aromatic rings. The van der Waals surface area contributed by atoms with Crippen molar-refractivity contribution < 1.29 is 19.4 Å². The molecule has 0 spiro atoms. The molecule has 0 bridgehead atoms. The summed E-state index contributed by atoms with van der Waals surface area (Å²) in [7, 11) is 0. The quantitative estimate of drug-likeness (QED) is 0.465. The van der Waals surface area contributed by atoms with Crippen molar-refractivity contribution in [3.8, 4) is 12.3 Å². The summed E-state index contributed by atoms with van der Waals surface area (Å²) in [5.74, 6) is 0.779. The van der Waals surface area contributed by atoms with Crippen molar-refractivity contribution >= 4 is 11.9 Å². The highest BCUT2D eigenvalue weighted by molar-refractivity contribution is 5.83. The largest absolute Gasteiger partial charge is 0.480 e. The van der Waals surface area contributed by atoms with E-state index >= 15 is 0 Å². The summed E-state index contributed by atoms with van der Waals surface area (Å²) in [6, 6.07) is -0.996. The molecule has 1 atom stereocenters. The molecule has 16 heavy (non-hydrogen) atoms. The molecule has 0 aliphatic heterocycles. The van der Waals surface area contributed by atoms with Crippen LogP contribution in [0.5, 0.6) is 0 Å². The Kier molecular flexibility index (Phi) is 7.90. The Balaban J connectivity index is 3.83. The van der Waals surface area contributed by atoms with E-state index in [-0.39, 0.29) is 18.7 Å². The zero-order valence-corrected chi connectivity index (χ0v) is 9.36. The molecule has 5 nitrogen and oxygen atoms in total. The number of rotatable bonds is 8. The zero-order chi connectivity index (χ0) is 12.4. The van der Waals surface area contributed by atoms with Crippen molar-refractivity contribution in [2.45, 2.75) is 32.2 Å². The van der Waals surface area contributed by atoms with Crippen LogP contribution < -0.4 is 5.32 Å². The second-order valence-corrected chi connectivity index (χ2v) is 3.17. The first-order valence-corrected chi connectivity index (χ1v) is 5.15. The molecule has 0 saturated heterocycles. The lowest BCUT2D eigenvalue weighted by atomic mass is 10.2. The molecule has 0 aromatic heterocycles. The van der Waals surface area contributed by atoms with E-state index in [9.17, 15) is 9.59 Å². The van der Waals surface area contributed by atoms with Crippen LogP contribution in [0.4, 0.5) is 0 Å². The number of terminal acetylenes is 1. The molecule has 5 heteroatoms. The monoisotopic (exact) mass is 227 g/mol. The first kappa shape index (κ1) is 14.5. The molecule has 90 valence electrons. The molecule has 0 heterocycles. The average molecular weight is 227 g/mol. The van der Waals surface area contributed by atoms with Crippen LogP contribution in [0.15, 0.2) is 0 Å². The van der Waals surface area contributed by atoms with Gasteiger partial charge in [-0.05, 0) is 13.3 Å². The van der Waals surface area contributed by atoms with Crippen molar-refractivity contribution in [3.05, 3.63) is 0 Å². The van der Waals surface area contributed by atoms with Crippen molar-refractivity contribution in [1.29, 1.82) is 0 Å². The van der Waals surface area contributed by atoms with Gasteiger partial charge in [-0.1, -0.05) is 0 Å². The van der Waals surface area contributed by atoms with Crippen molar-refractivity contribution in [2.75, 3.05) is 13.2 Å². The highest BCUT2D eigenvalue weighted by Gasteiger charge is 2.17. The maximum atomic E-state index is 11.3. The van der Waals surface area contributed by atoms with E-state index in [4.69, 9.17) is 16.3 Å². The van der Waals surface area contributed by atoms with Crippen LogP contribution in [0.3, 0.4) is 0 Å². The van der Waals surface area contributed by atoms with Gasteiger partial charge in [0.1, 0.15) is 6.04 Å². The lowest BCUT2D eigenvalue weighted by molar-refractivity contribution is -0.141. The Labute approximate surface area is 95.2 Å². The fourth-order valence-electron chi connectivity index (χ4n) is 1.06. The van der Waals surface area contributed by atoms with Crippen molar-refractivity contribution in [1.82, 2.24) is 5.32 Å². The molecule has 0 saturated carbocycles. The van der Waals surface area contributed by atoms with Crippen LogP contribution in [0.25, 0.3) is 0 Å². The summed E-state index contributed by atoms with van der Waals surface area (Å²) in [4.78, 5) is 22.0. The molecular weight excluding hydrogens is 210 g/mol. The molecule has 1 unspecified atom stereocenters. The highest BCUT2D eigenvalue weighted by Crippen LogP contribution is 1.95. The van der Waals surface area contributed by atoms with Gasteiger partial charge in [-0.25, -0.2) is 4.79 Å². The minimum Gasteiger partial charge on any atom is -0.480 e. The second-order valence-electron chi connectivity index (χ2n) is 3.17. The summed E-state index contributed by atoms with van der Waals surface area (Å²) < 4.78 is 5.06. The Morgan fingerprint density at radius 2 is 2.25 bits per heavy atom. The lowest BCUT2D eigenvalue weighted by Gasteiger charge is -2.11. The van der Waals surface area contributed by atoms with Crippen LogP contribution in [-0.4, -0.2) is 36.2 Å². The van der Waals surface area contributed by atoms with Gasteiger partial charge in [0.25, 0.3) is 0 Å². The Hall–Kier alpha value is -1.54. The number of aliphatic carboxylic acids is 1. The van der Waals surface area contributed by atoms with Gasteiger partial charge in [0.2, 0.25) is 5.91 Å². The highest BCUT2D eigenvalue weighted by atomic mass is 16.5. The minimum atomic E-state index is -1.11. The molecule has 0 fully saturated rings. The average Bonchev–Trinajstić information content (AvgIpc) is 2.23. The number of carboxylic acid groups (broad SMARTS) is 1. The third kappa shape index (κ3) is 6.85. The Morgan fingerprint density at radius 3 is 2.75 bits per heavy atom. The Bertz CT molecular complexity index is 270. The van der Waals surface area contributed by atoms with Crippen LogP contribution >= 0.6 is 0 Å². The molecule has 0 aliphatic carbocycles. The summed E-state index contributed by atoms with van der Waals surface area (Å²) >= 11 is 0. The van der Waals surface area contributed by atoms with Gasteiger partial charge >= 0.3 is 5.97 Å². The van der Waals surface area contributed by atoms with Crippen LogP contribution in [0, 0.1) is 12.3 Å². The number of hydrogen-bond acceptors (Lipinski definition) is 3. The first-order valence-electron chi connectivity index (χ1n) is 5.15. The van der Waals surface area contributed by atoms with Gasteiger partial charge in [-0.15, -0.1) is 12.3 Å². The summed E-state index contributed by atoms with van der Waals surface area (Å²) in [5, 5.41) is 11.1. The van der Waals surface area contributed by atoms with E-state index in [0.717, 1.165) is 0 Å². The van der Waals surface area contributed by atoms with Gasteiger partial charge in [0, 0.05) is 26.1 Å². The molecule has 2 N–H and O–H groups in total. The molecule has 0 radical (unpaired) electrons. The van der Waals surface area contributed by atoms with Crippen LogP contribution in [0.1, 0.15) is 26.2 Å². The lowest BCUT2D eigenvalue weighted by Crippen LogP contribution is -2.40. The third-order valence-electron chi connectivity index (χ3n) is 1.85. The minimum absolute atomic E-state index is 0.00741. The predicted octanol–water partition coefficient (Wildman–Crippen LogP) is 0.396. The predicted molar refractivity (Wildman–Crippen MR) is 58.7 cm³/mol. The smallest absolute Gasteiger partial charge is 0.327 e. The maximum absolute atomic E-state index is 11.3. The van der Waals surface area contributed by atoms with E-state index < -0.39 is 12.0 Å². The number of carbonyl (C=O) groups is 2. The fraction of sp³-hybridized carbons (Fsp3) is 0.636. The van der Waals surface area contributed by atoms with Crippen molar-refractivity contribution in [3.63, 3.8) is 0 Å². The van der Waals surface area contributed by atoms with Gasteiger partial charge in [-0.3, -0.25) is 4.79 Å². The van der Waals surface area contributed by atoms with Crippen LogP contribution in [0.2, 0.25) is 0 Å². The molecule has 0 rings (SSSR count). The van der Waals surface area contributed by atoms with Crippen molar-refractivity contribution in [2.24, 2.45) is 0 Å². The van der Waals surface area contributed by atoms with Gasteiger partial charge < -0.3 is 15.2 Å². The van der Waals surface area contributed by atoms with Gasteiger partial charge in [0.05, 0.1) is 0 Å². The number of carboxylic acids is 1. The summed E-state index contributed by atoms with van der Waals surface area (Å²) in [6.45, 7) is 2.97. The zero-order valence-electron chi connectivity index (χ0n) is 9.36. The summed E-state index contributed by atoms with van der Waals surface area (Å²) in [6.07, 6.45) is 5.81. The van der Waals surface area contributed by atoms with Gasteiger partial charge in [-0.2, -0.15) is 0 Å². The number of hydrogen-bond donors (Lipinski definition) is 2. The molecular formula is C11H17NO4. The Morgan fingerprint density at radius 1 is 1.56 bits per heavy atom.